The molecule has 1 aliphatic carbocycles. The van der Waals surface area contributed by atoms with E-state index in [4.69, 9.17) is 5.73 Å². The van der Waals surface area contributed by atoms with Gasteiger partial charge in [0.2, 0.25) is 0 Å². The van der Waals surface area contributed by atoms with Gasteiger partial charge in [0, 0.05) is 12.6 Å². The topological polar surface area (TPSA) is 80.9 Å². The van der Waals surface area contributed by atoms with Gasteiger partial charge in [-0.05, 0) is 36.7 Å². The SMILES string of the molecule is CCCc1nnsc1C(=O)NC(CN)C1CCCCC1. The van der Waals surface area contributed by atoms with Crippen LogP contribution in [0.3, 0.4) is 0 Å². The summed E-state index contributed by atoms with van der Waals surface area (Å²) in [7, 11) is 0. The monoisotopic (exact) mass is 296 g/mol. The third-order valence-electron chi connectivity index (χ3n) is 4.04. The highest BCUT2D eigenvalue weighted by molar-refractivity contribution is 7.08. The first-order valence-corrected chi connectivity index (χ1v) is 8.35. The van der Waals surface area contributed by atoms with Gasteiger partial charge in [-0.1, -0.05) is 37.1 Å². The fourth-order valence-corrected chi connectivity index (χ4v) is 3.53. The van der Waals surface area contributed by atoms with E-state index in [1.165, 1.54) is 43.6 Å². The number of nitrogens with zero attached hydrogens (tertiary/aromatic N) is 2. The Balaban J connectivity index is 1.99. The fraction of sp³-hybridized carbons (Fsp3) is 0.786. The molecular formula is C14H24N4OS. The van der Waals surface area contributed by atoms with Gasteiger partial charge in [-0.25, -0.2) is 0 Å². The van der Waals surface area contributed by atoms with E-state index in [0.717, 1.165) is 18.5 Å². The van der Waals surface area contributed by atoms with Crippen molar-refractivity contribution in [2.75, 3.05) is 6.54 Å². The van der Waals surface area contributed by atoms with Gasteiger partial charge < -0.3 is 11.1 Å². The number of rotatable bonds is 6. The summed E-state index contributed by atoms with van der Waals surface area (Å²) in [5, 5.41) is 7.15. The van der Waals surface area contributed by atoms with Gasteiger partial charge in [-0.2, -0.15) is 0 Å². The molecule has 0 radical (unpaired) electrons. The van der Waals surface area contributed by atoms with Crippen molar-refractivity contribution in [2.45, 2.75) is 57.9 Å². The summed E-state index contributed by atoms with van der Waals surface area (Å²) < 4.78 is 3.91. The molecule has 3 N–H and O–H groups in total. The average Bonchev–Trinajstić information content (AvgIpc) is 2.94. The minimum absolute atomic E-state index is 0.0514. The third kappa shape index (κ3) is 3.76. The summed E-state index contributed by atoms with van der Waals surface area (Å²) in [6.45, 7) is 2.58. The predicted molar refractivity (Wildman–Crippen MR) is 80.8 cm³/mol. The molecule has 1 unspecified atom stereocenters. The minimum Gasteiger partial charge on any atom is -0.347 e. The van der Waals surface area contributed by atoms with Crippen molar-refractivity contribution < 1.29 is 4.79 Å². The number of carbonyl (C=O) groups excluding carboxylic acids is 1. The maximum atomic E-state index is 12.4. The van der Waals surface area contributed by atoms with E-state index in [9.17, 15) is 4.79 Å². The Morgan fingerprint density at radius 1 is 1.45 bits per heavy atom. The lowest BCUT2D eigenvalue weighted by molar-refractivity contribution is 0.0918. The van der Waals surface area contributed by atoms with Gasteiger partial charge in [0.25, 0.3) is 5.91 Å². The number of nitrogens with two attached hydrogens (primary N) is 1. The van der Waals surface area contributed by atoms with Crippen molar-refractivity contribution in [3.63, 3.8) is 0 Å². The molecule has 20 heavy (non-hydrogen) atoms. The highest BCUT2D eigenvalue weighted by atomic mass is 32.1. The Morgan fingerprint density at radius 2 is 2.20 bits per heavy atom. The van der Waals surface area contributed by atoms with E-state index >= 15 is 0 Å². The zero-order valence-electron chi connectivity index (χ0n) is 12.1. The van der Waals surface area contributed by atoms with Crippen LogP contribution < -0.4 is 11.1 Å². The Bertz CT molecular complexity index is 429. The van der Waals surface area contributed by atoms with Crippen molar-refractivity contribution in [3.8, 4) is 0 Å². The second-order valence-electron chi connectivity index (χ2n) is 5.51. The van der Waals surface area contributed by atoms with Crippen LogP contribution in [0.1, 0.15) is 60.8 Å². The standard InChI is InChI=1S/C14H24N4OS/c1-2-6-11-13(20-18-17-11)14(19)16-12(9-15)10-7-4-3-5-8-10/h10,12H,2-9,15H2,1H3,(H,16,19). The largest absolute Gasteiger partial charge is 0.347 e. The number of hydrogen-bond donors (Lipinski definition) is 2. The van der Waals surface area contributed by atoms with E-state index in [2.05, 4.69) is 21.8 Å². The molecule has 1 atom stereocenters. The van der Waals surface area contributed by atoms with Crippen LogP contribution in [0.5, 0.6) is 0 Å². The van der Waals surface area contributed by atoms with Crippen molar-refractivity contribution >= 4 is 17.4 Å². The zero-order chi connectivity index (χ0) is 14.4. The number of amides is 1. The van der Waals surface area contributed by atoms with Crippen LogP contribution in [0.15, 0.2) is 0 Å². The Kier molecular flexibility index (Phi) is 5.91. The van der Waals surface area contributed by atoms with E-state index < -0.39 is 0 Å². The number of aromatic nitrogens is 2. The van der Waals surface area contributed by atoms with Crippen molar-refractivity contribution in [1.82, 2.24) is 14.9 Å². The number of nitrogens with one attached hydrogen (secondary N) is 1. The van der Waals surface area contributed by atoms with Crippen molar-refractivity contribution in [1.29, 1.82) is 0 Å². The van der Waals surface area contributed by atoms with Gasteiger partial charge in [0.05, 0.1) is 5.69 Å². The Morgan fingerprint density at radius 3 is 2.85 bits per heavy atom. The molecule has 1 fully saturated rings. The molecule has 1 aliphatic rings. The van der Waals surface area contributed by atoms with Gasteiger partial charge in [-0.3, -0.25) is 4.79 Å². The molecule has 112 valence electrons. The number of carbonyl (C=O) groups is 1. The minimum atomic E-state index is -0.0514. The zero-order valence-corrected chi connectivity index (χ0v) is 12.9. The lowest BCUT2D eigenvalue weighted by atomic mass is 9.84. The smallest absolute Gasteiger partial charge is 0.265 e. The molecule has 1 amide bonds. The van der Waals surface area contributed by atoms with Crippen LogP contribution in [0.4, 0.5) is 0 Å². The summed E-state index contributed by atoms with van der Waals surface area (Å²) in [5.41, 5.74) is 6.67. The summed E-state index contributed by atoms with van der Waals surface area (Å²) in [4.78, 5) is 13.0. The summed E-state index contributed by atoms with van der Waals surface area (Å²) >= 11 is 1.18. The maximum absolute atomic E-state index is 12.4. The van der Waals surface area contributed by atoms with Gasteiger partial charge in [-0.15, -0.1) is 5.10 Å². The van der Waals surface area contributed by atoms with E-state index in [-0.39, 0.29) is 11.9 Å². The van der Waals surface area contributed by atoms with Crippen LogP contribution in [0, 0.1) is 5.92 Å². The average molecular weight is 296 g/mol. The van der Waals surface area contributed by atoms with Gasteiger partial charge in [0.15, 0.2) is 0 Å². The molecule has 5 nitrogen and oxygen atoms in total. The molecule has 0 bridgehead atoms. The molecule has 0 aromatic carbocycles. The molecular weight excluding hydrogens is 272 g/mol. The lowest BCUT2D eigenvalue weighted by Gasteiger charge is -2.29. The van der Waals surface area contributed by atoms with Crippen LogP contribution in [0.2, 0.25) is 0 Å². The molecule has 1 aromatic rings. The van der Waals surface area contributed by atoms with Crippen molar-refractivity contribution in [2.24, 2.45) is 11.7 Å². The second kappa shape index (κ2) is 7.69. The third-order valence-corrected chi connectivity index (χ3v) is 4.80. The van der Waals surface area contributed by atoms with Crippen molar-refractivity contribution in [3.05, 3.63) is 10.6 Å². The highest BCUT2D eigenvalue weighted by Crippen LogP contribution is 2.26. The Labute approximate surface area is 124 Å². The normalized spacial score (nSPS) is 17.9. The molecule has 1 saturated carbocycles. The molecule has 1 heterocycles. The maximum Gasteiger partial charge on any atom is 0.265 e. The van der Waals surface area contributed by atoms with Crippen LogP contribution >= 0.6 is 11.5 Å². The first-order chi connectivity index (χ1) is 9.76. The molecule has 0 aliphatic heterocycles. The van der Waals surface area contributed by atoms with Crippen LogP contribution in [-0.4, -0.2) is 28.1 Å². The van der Waals surface area contributed by atoms with Crippen LogP contribution in [-0.2, 0) is 6.42 Å². The summed E-state index contributed by atoms with van der Waals surface area (Å²) in [6.07, 6.45) is 7.92. The molecule has 1 aromatic heterocycles. The molecule has 0 spiro atoms. The van der Waals surface area contributed by atoms with E-state index in [1.54, 1.807) is 0 Å². The van der Waals surface area contributed by atoms with Gasteiger partial charge >= 0.3 is 0 Å². The Hall–Kier alpha value is -1.01. The fourth-order valence-electron chi connectivity index (χ4n) is 2.92. The summed E-state index contributed by atoms with van der Waals surface area (Å²) in [5.74, 6) is 0.470. The van der Waals surface area contributed by atoms with E-state index in [0.29, 0.717) is 17.3 Å². The summed E-state index contributed by atoms with van der Waals surface area (Å²) in [6, 6.07) is 0.0828. The first kappa shape index (κ1) is 15.4. The van der Waals surface area contributed by atoms with Gasteiger partial charge in [0.1, 0.15) is 4.88 Å². The highest BCUT2D eigenvalue weighted by Gasteiger charge is 2.26. The lowest BCUT2D eigenvalue weighted by Crippen LogP contribution is -2.45. The van der Waals surface area contributed by atoms with Crippen LogP contribution in [0.25, 0.3) is 0 Å². The predicted octanol–water partition coefficient (Wildman–Crippen LogP) is 2.13. The quantitative estimate of drug-likeness (QED) is 0.842. The first-order valence-electron chi connectivity index (χ1n) is 7.58. The molecule has 0 saturated heterocycles. The van der Waals surface area contributed by atoms with E-state index in [1.807, 2.05) is 0 Å². The number of aryl methyl sites for hydroxylation is 1. The molecule has 2 rings (SSSR count). The molecule has 6 heteroatoms. The second-order valence-corrected chi connectivity index (χ2v) is 6.27. The number of hydrogen-bond acceptors (Lipinski definition) is 5.